The molecule has 3 aromatic carbocycles. The van der Waals surface area contributed by atoms with Crippen LogP contribution in [-0.2, 0) is 9.53 Å². The molecule has 6 rings (SSSR count). The second kappa shape index (κ2) is 9.55. The number of esters is 1. The summed E-state index contributed by atoms with van der Waals surface area (Å²) in [6, 6.07) is 23.8. The Kier molecular flexibility index (Phi) is 5.94. The third kappa shape index (κ3) is 4.15. The molecule has 4 aromatic rings. The molecule has 0 spiro atoms. The molecule has 0 fully saturated rings. The zero-order chi connectivity index (χ0) is 25.4. The Labute approximate surface area is 216 Å². The molecule has 8 heteroatoms. The summed E-state index contributed by atoms with van der Waals surface area (Å²) in [6.45, 7) is 2.07. The van der Waals surface area contributed by atoms with Crippen molar-refractivity contribution < 1.29 is 19.0 Å². The molecule has 0 N–H and O–H groups in total. The molecule has 0 radical (unpaired) electrons. The summed E-state index contributed by atoms with van der Waals surface area (Å²) in [7, 11) is 0. The summed E-state index contributed by atoms with van der Waals surface area (Å²) in [6.07, 6.45) is 1.84. The summed E-state index contributed by atoms with van der Waals surface area (Å²) in [5, 5.41) is 0. The molecular weight excluding hydrogens is 488 g/mol. The number of fused-ring (bicyclic) bond motifs is 2. The van der Waals surface area contributed by atoms with E-state index in [1.54, 1.807) is 17.6 Å². The van der Waals surface area contributed by atoms with Crippen molar-refractivity contribution in [2.75, 3.05) is 13.4 Å². The van der Waals surface area contributed by atoms with Gasteiger partial charge in [0, 0.05) is 5.56 Å². The maximum atomic E-state index is 13.9. The van der Waals surface area contributed by atoms with Gasteiger partial charge in [0.05, 0.1) is 28.5 Å². The van der Waals surface area contributed by atoms with Crippen LogP contribution in [0.4, 0.5) is 0 Å². The van der Waals surface area contributed by atoms with E-state index < -0.39 is 12.0 Å². The molecule has 184 valence electrons. The maximum Gasteiger partial charge on any atom is 0.338 e. The predicted octanol–water partition coefficient (Wildman–Crippen LogP) is 3.66. The van der Waals surface area contributed by atoms with Gasteiger partial charge in [0.2, 0.25) is 6.79 Å². The van der Waals surface area contributed by atoms with Crippen LogP contribution in [0.3, 0.4) is 0 Å². The van der Waals surface area contributed by atoms with Crippen molar-refractivity contribution in [2.24, 2.45) is 4.99 Å². The van der Waals surface area contributed by atoms with Gasteiger partial charge in [-0.25, -0.2) is 9.79 Å². The standard InChI is InChI=1S/C29H22N2O5S/c1-2-34-28(33)24-25(19-11-7-4-8-12-19)30-29-31(26(24)20-13-14-21-22(16-20)36-17-35-21)27(32)23(37-29)15-18-9-5-3-6-10-18/h3-16,26H,2,17H2,1H3/b23-15+. The minimum atomic E-state index is -0.766. The van der Waals surface area contributed by atoms with Gasteiger partial charge in [0.1, 0.15) is 0 Å². The molecule has 37 heavy (non-hydrogen) atoms. The van der Waals surface area contributed by atoms with E-state index in [0.717, 1.165) is 11.1 Å². The zero-order valence-corrected chi connectivity index (χ0v) is 20.7. The summed E-state index contributed by atoms with van der Waals surface area (Å²) >= 11 is 1.29. The average molecular weight is 511 g/mol. The van der Waals surface area contributed by atoms with Crippen molar-refractivity contribution in [2.45, 2.75) is 13.0 Å². The Morgan fingerprint density at radius 3 is 2.54 bits per heavy atom. The van der Waals surface area contributed by atoms with Crippen LogP contribution < -0.4 is 24.4 Å². The van der Waals surface area contributed by atoms with Crippen LogP contribution in [0.15, 0.2) is 94.2 Å². The van der Waals surface area contributed by atoms with Gasteiger partial charge in [-0.2, -0.15) is 0 Å². The molecule has 1 unspecified atom stereocenters. The Hall–Kier alpha value is -4.43. The van der Waals surface area contributed by atoms with Gasteiger partial charge in [-0.05, 0) is 36.3 Å². The topological polar surface area (TPSA) is 79.1 Å². The van der Waals surface area contributed by atoms with E-state index >= 15 is 0 Å². The number of nitrogens with zero attached hydrogens (tertiary/aromatic N) is 2. The van der Waals surface area contributed by atoms with Crippen molar-refractivity contribution >= 4 is 29.1 Å². The molecule has 0 amide bonds. The lowest BCUT2D eigenvalue weighted by atomic mass is 9.93. The number of thiazole rings is 1. The van der Waals surface area contributed by atoms with Gasteiger partial charge in [0.25, 0.3) is 5.56 Å². The van der Waals surface area contributed by atoms with Crippen molar-refractivity contribution in [3.8, 4) is 11.5 Å². The number of carbonyl (C=O) groups excluding carboxylic acids is 1. The number of hydrogen-bond acceptors (Lipinski definition) is 7. The Morgan fingerprint density at radius 1 is 1.05 bits per heavy atom. The fourth-order valence-electron chi connectivity index (χ4n) is 4.54. The number of carbonyl (C=O) groups is 1. The van der Waals surface area contributed by atoms with E-state index in [1.165, 1.54) is 11.3 Å². The number of rotatable bonds is 5. The lowest BCUT2D eigenvalue weighted by Gasteiger charge is -2.26. The number of ether oxygens (including phenoxy) is 3. The van der Waals surface area contributed by atoms with Crippen molar-refractivity contribution in [3.05, 3.63) is 121 Å². The first-order chi connectivity index (χ1) is 18.1. The second-order valence-corrected chi connectivity index (χ2v) is 9.46. The van der Waals surface area contributed by atoms with Gasteiger partial charge in [-0.15, -0.1) is 0 Å². The molecule has 0 bridgehead atoms. The summed E-state index contributed by atoms with van der Waals surface area (Å²) in [4.78, 5) is 32.7. The van der Waals surface area contributed by atoms with Crippen LogP contribution in [0.25, 0.3) is 11.8 Å². The summed E-state index contributed by atoms with van der Waals surface area (Å²) in [5.74, 6) is 0.653. The third-order valence-corrected chi connectivity index (χ3v) is 7.17. The molecule has 0 saturated carbocycles. The smallest absolute Gasteiger partial charge is 0.338 e. The Balaban J connectivity index is 1.66. The molecule has 1 aromatic heterocycles. The molecule has 0 aliphatic carbocycles. The molecule has 0 saturated heterocycles. The van der Waals surface area contributed by atoms with E-state index in [9.17, 15) is 9.59 Å². The fourth-order valence-corrected chi connectivity index (χ4v) is 5.54. The highest BCUT2D eigenvalue weighted by atomic mass is 32.1. The zero-order valence-electron chi connectivity index (χ0n) is 19.9. The normalized spacial score (nSPS) is 16.4. The van der Waals surface area contributed by atoms with E-state index in [2.05, 4.69) is 0 Å². The third-order valence-electron chi connectivity index (χ3n) is 6.18. The molecule has 3 heterocycles. The molecule has 2 aliphatic rings. The lowest BCUT2D eigenvalue weighted by Crippen LogP contribution is -2.40. The van der Waals surface area contributed by atoms with Gasteiger partial charge in [-0.3, -0.25) is 9.36 Å². The van der Waals surface area contributed by atoms with E-state index in [-0.39, 0.29) is 19.0 Å². The first-order valence-corrected chi connectivity index (χ1v) is 12.7. The quantitative estimate of drug-likeness (QED) is 0.383. The van der Waals surface area contributed by atoms with Gasteiger partial charge < -0.3 is 14.2 Å². The van der Waals surface area contributed by atoms with Crippen LogP contribution in [0.5, 0.6) is 11.5 Å². The van der Waals surface area contributed by atoms with Gasteiger partial charge in [0.15, 0.2) is 16.3 Å². The van der Waals surface area contributed by atoms with E-state index in [0.29, 0.717) is 37.7 Å². The SMILES string of the molecule is CCOC(=O)C1=C(c2ccccc2)N=c2s/c(=C/c3ccccc3)c(=O)n2C1c1ccc2c(c1)OCO2. The minimum Gasteiger partial charge on any atom is -0.463 e. The highest BCUT2D eigenvalue weighted by molar-refractivity contribution is 7.07. The summed E-state index contributed by atoms with van der Waals surface area (Å²) in [5.41, 5.74) is 2.91. The molecule has 7 nitrogen and oxygen atoms in total. The predicted molar refractivity (Wildman–Crippen MR) is 140 cm³/mol. The Morgan fingerprint density at radius 2 is 1.78 bits per heavy atom. The van der Waals surface area contributed by atoms with Crippen LogP contribution in [0, 0.1) is 0 Å². The Bertz CT molecular complexity index is 1700. The van der Waals surface area contributed by atoms with Gasteiger partial charge in [-0.1, -0.05) is 78.1 Å². The lowest BCUT2D eigenvalue weighted by molar-refractivity contribution is -0.138. The van der Waals surface area contributed by atoms with Crippen molar-refractivity contribution in [1.29, 1.82) is 0 Å². The largest absolute Gasteiger partial charge is 0.463 e. The van der Waals surface area contributed by atoms with Crippen LogP contribution >= 0.6 is 11.3 Å². The minimum absolute atomic E-state index is 0.120. The fraction of sp³-hybridized carbons (Fsp3) is 0.138. The molecular formula is C29H22N2O5S. The van der Waals surface area contributed by atoms with Crippen LogP contribution in [0.1, 0.15) is 29.7 Å². The van der Waals surface area contributed by atoms with Gasteiger partial charge >= 0.3 is 5.97 Å². The second-order valence-electron chi connectivity index (χ2n) is 8.45. The van der Waals surface area contributed by atoms with Crippen LogP contribution in [0.2, 0.25) is 0 Å². The number of aromatic nitrogens is 1. The highest BCUT2D eigenvalue weighted by Gasteiger charge is 2.36. The first-order valence-electron chi connectivity index (χ1n) is 11.9. The first kappa shape index (κ1) is 23.0. The molecule has 1 atom stereocenters. The maximum absolute atomic E-state index is 13.9. The van der Waals surface area contributed by atoms with Crippen LogP contribution in [-0.4, -0.2) is 23.9 Å². The van der Waals surface area contributed by atoms with E-state index in [1.807, 2.05) is 78.9 Å². The molecule has 2 aliphatic heterocycles. The number of hydrogen-bond donors (Lipinski definition) is 0. The average Bonchev–Trinajstić information content (AvgIpc) is 3.52. The van der Waals surface area contributed by atoms with Crippen molar-refractivity contribution in [1.82, 2.24) is 4.57 Å². The summed E-state index contributed by atoms with van der Waals surface area (Å²) < 4.78 is 18.7. The van der Waals surface area contributed by atoms with Crippen molar-refractivity contribution in [3.63, 3.8) is 0 Å². The van der Waals surface area contributed by atoms with E-state index in [4.69, 9.17) is 19.2 Å². The number of benzene rings is 3. The monoisotopic (exact) mass is 510 g/mol. The highest BCUT2D eigenvalue weighted by Crippen LogP contribution is 2.39.